The Bertz CT molecular complexity index is 616. The summed E-state index contributed by atoms with van der Waals surface area (Å²) in [6, 6.07) is 10.2. The lowest BCUT2D eigenvalue weighted by molar-refractivity contribution is 0.0993. The molecule has 114 valence electrons. The molecular weight excluding hydrogens is 258 g/mol. The third kappa shape index (κ3) is 3.10. The fourth-order valence-corrected chi connectivity index (χ4v) is 2.64. The summed E-state index contributed by atoms with van der Waals surface area (Å²) in [7, 11) is 0. The Kier molecular flexibility index (Phi) is 6.41. The quantitative estimate of drug-likeness (QED) is 0.706. The van der Waals surface area contributed by atoms with Crippen LogP contribution in [0.5, 0.6) is 0 Å². The molecule has 0 aromatic heterocycles. The number of carbonyl (C=O) groups excluding carboxylic acids is 1. The molecule has 1 aliphatic rings. The largest absolute Gasteiger partial charge is 0.308 e. The van der Waals surface area contributed by atoms with Crippen LogP contribution in [0.15, 0.2) is 30.3 Å². The van der Waals surface area contributed by atoms with Gasteiger partial charge in [-0.25, -0.2) is 0 Å². The van der Waals surface area contributed by atoms with Crippen LogP contribution in [-0.2, 0) is 0 Å². The van der Waals surface area contributed by atoms with E-state index in [-0.39, 0.29) is 5.91 Å². The van der Waals surface area contributed by atoms with Gasteiger partial charge in [0.15, 0.2) is 0 Å². The molecule has 1 aliphatic heterocycles. The molecule has 0 fully saturated rings. The Labute approximate surface area is 128 Å². The third-order valence-electron chi connectivity index (χ3n) is 3.31. The Morgan fingerprint density at radius 1 is 1.05 bits per heavy atom. The standard InChI is InChI=1S/C15H15NO.2C2H6/c1-3-7-16-13-9-10(2)8-11-5-4-6-12(14(11)13)15(16)17;2*1-2/h4-6,8-9H,3,7H2,1-2H3;2*1-2H3. The van der Waals surface area contributed by atoms with E-state index in [4.69, 9.17) is 0 Å². The van der Waals surface area contributed by atoms with Crippen LogP contribution in [-0.4, -0.2) is 12.5 Å². The normalized spacial score (nSPS) is 11.7. The van der Waals surface area contributed by atoms with Crippen LogP contribution in [0.25, 0.3) is 10.8 Å². The molecule has 3 rings (SSSR count). The molecule has 0 N–H and O–H groups in total. The minimum absolute atomic E-state index is 0.151. The van der Waals surface area contributed by atoms with E-state index >= 15 is 0 Å². The minimum atomic E-state index is 0.151. The summed E-state index contributed by atoms with van der Waals surface area (Å²) in [6.07, 6.45) is 0.981. The summed E-state index contributed by atoms with van der Waals surface area (Å²) in [5.74, 6) is 0.151. The third-order valence-corrected chi connectivity index (χ3v) is 3.31. The van der Waals surface area contributed by atoms with Gasteiger partial charge < -0.3 is 4.90 Å². The van der Waals surface area contributed by atoms with Crippen molar-refractivity contribution in [1.82, 2.24) is 0 Å². The first-order valence-corrected chi connectivity index (χ1v) is 8.07. The number of carbonyl (C=O) groups is 1. The molecule has 0 saturated carbocycles. The summed E-state index contributed by atoms with van der Waals surface area (Å²) in [5, 5.41) is 2.29. The van der Waals surface area contributed by atoms with Gasteiger partial charge in [-0.15, -0.1) is 0 Å². The van der Waals surface area contributed by atoms with Crippen molar-refractivity contribution in [1.29, 1.82) is 0 Å². The van der Waals surface area contributed by atoms with Gasteiger partial charge in [0.05, 0.1) is 5.69 Å². The molecule has 0 bridgehead atoms. The van der Waals surface area contributed by atoms with Crippen LogP contribution in [0.3, 0.4) is 0 Å². The van der Waals surface area contributed by atoms with Crippen molar-refractivity contribution in [2.75, 3.05) is 11.4 Å². The summed E-state index contributed by atoms with van der Waals surface area (Å²) in [5.41, 5.74) is 3.15. The van der Waals surface area contributed by atoms with Gasteiger partial charge in [-0.1, -0.05) is 52.8 Å². The summed E-state index contributed by atoms with van der Waals surface area (Å²) in [6.45, 7) is 13.0. The second kappa shape index (κ2) is 7.82. The molecule has 2 aromatic rings. The highest BCUT2D eigenvalue weighted by Gasteiger charge is 2.28. The van der Waals surface area contributed by atoms with E-state index in [1.807, 2.05) is 44.7 Å². The summed E-state index contributed by atoms with van der Waals surface area (Å²) in [4.78, 5) is 14.2. The first-order chi connectivity index (χ1) is 10.2. The number of amides is 1. The monoisotopic (exact) mass is 285 g/mol. The number of aryl methyl sites for hydroxylation is 1. The fourth-order valence-electron chi connectivity index (χ4n) is 2.64. The lowest BCUT2D eigenvalue weighted by Crippen LogP contribution is -2.27. The van der Waals surface area contributed by atoms with E-state index in [1.165, 1.54) is 10.9 Å². The van der Waals surface area contributed by atoms with Crippen molar-refractivity contribution in [2.24, 2.45) is 0 Å². The van der Waals surface area contributed by atoms with Crippen molar-refractivity contribution in [2.45, 2.75) is 48.0 Å². The fraction of sp³-hybridized carbons (Fsp3) is 0.421. The second-order valence-electron chi connectivity index (χ2n) is 4.64. The van der Waals surface area contributed by atoms with Gasteiger partial charge in [0.2, 0.25) is 0 Å². The number of hydrogen-bond acceptors (Lipinski definition) is 1. The van der Waals surface area contributed by atoms with E-state index in [1.54, 1.807) is 0 Å². The molecular formula is C19H27NO. The molecule has 0 unspecified atom stereocenters. The smallest absolute Gasteiger partial charge is 0.258 e. The zero-order valence-electron chi connectivity index (χ0n) is 14.2. The number of nitrogens with zero attached hydrogens (tertiary/aromatic N) is 1. The minimum Gasteiger partial charge on any atom is -0.308 e. The van der Waals surface area contributed by atoms with Gasteiger partial charge >= 0.3 is 0 Å². The Balaban J connectivity index is 0.000000510. The predicted molar refractivity (Wildman–Crippen MR) is 93.3 cm³/mol. The molecule has 0 spiro atoms. The Morgan fingerprint density at radius 2 is 1.71 bits per heavy atom. The van der Waals surface area contributed by atoms with E-state index in [0.29, 0.717) is 0 Å². The SMILES string of the molecule is CC.CC.CCCN1C(=O)c2cccc3cc(C)cc1c23. The van der Waals surface area contributed by atoms with E-state index < -0.39 is 0 Å². The highest BCUT2D eigenvalue weighted by Crippen LogP contribution is 2.38. The first-order valence-electron chi connectivity index (χ1n) is 8.07. The molecule has 0 radical (unpaired) electrons. The van der Waals surface area contributed by atoms with Crippen molar-refractivity contribution < 1.29 is 4.79 Å². The lowest BCUT2D eigenvalue weighted by atomic mass is 10.0. The zero-order valence-corrected chi connectivity index (χ0v) is 14.2. The molecule has 0 aliphatic carbocycles. The van der Waals surface area contributed by atoms with Crippen molar-refractivity contribution in [3.63, 3.8) is 0 Å². The first kappa shape index (κ1) is 17.2. The highest BCUT2D eigenvalue weighted by molar-refractivity contribution is 6.25. The van der Waals surface area contributed by atoms with Crippen LogP contribution in [0.4, 0.5) is 5.69 Å². The molecule has 2 heteroatoms. The van der Waals surface area contributed by atoms with Crippen LogP contribution in [0.1, 0.15) is 57.0 Å². The number of anilines is 1. The van der Waals surface area contributed by atoms with Gasteiger partial charge in [-0.3, -0.25) is 4.79 Å². The van der Waals surface area contributed by atoms with Crippen LogP contribution >= 0.6 is 0 Å². The molecule has 0 atom stereocenters. The maximum atomic E-state index is 12.3. The van der Waals surface area contributed by atoms with Gasteiger partial charge in [0.1, 0.15) is 0 Å². The van der Waals surface area contributed by atoms with Gasteiger partial charge in [0.25, 0.3) is 5.91 Å². The average Bonchev–Trinajstić information content (AvgIpc) is 2.79. The van der Waals surface area contributed by atoms with Crippen LogP contribution in [0, 0.1) is 6.92 Å². The summed E-state index contributed by atoms with van der Waals surface area (Å²) >= 11 is 0. The maximum Gasteiger partial charge on any atom is 0.258 e. The second-order valence-corrected chi connectivity index (χ2v) is 4.64. The van der Waals surface area contributed by atoms with Gasteiger partial charge in [-0.2, -0.15) is 0 Å². The molecule has 21 heavy (non-hydrogen) atoms. The van der Waals surface area contributed by atoms with Crippen molar-refractivity contribution in [3.8, 4) is 0 Å². The zero-order chi connectivity index (χ0) is 16.0. The van der Waals surface area contributed by atoms with Crippen molar-refractivity contribution >= 4 is 22.4 Å². The maximum absolute atomic E-state index is 12.3. The van der Waals surface area contributed by atoms with Gasteiger partial charge in [-0.05, 0) is 36.4 Å². The molecule has 1 heterocycles. The Morgan fingerprint density at radius 3 is 2.33 bits per heavy atom. The number of hydrogen-bond donors (Lipinski definition) is 0. The molecule has 1 amide bonds. The lowest BCUT2D eigenvalue weighted by Gasteiger charge is -2.16. The van der Waals surface area contributed by atoms with Crippen molar-refractivity contribution in [3.05, 3.63) is 41.5 Å². The molecule has 2 aromatic carbocycles. The Hall–Kier alpha value is -1.83. The summed E-state index contributed by atoms with van der Waals surface area (Å²) < 4.78 is 0. The average molecular weight is 285 g/mol. The van der Waals surface area contributed by atoms with E-state index in [9.17, 15) is 4.79 Å². The van der Waals surface area contributed by atoms with E-state index in [0.717, 1.165) is 29.6 Å². The van der Waals surface area contributed by atoms with Crippen LogP contribution in [0.2, 0.25) is 0 Å². The van der Waals surface area contributed by atoms with Crippen LogP contribution < -0.4 is 4.90 Å². The van der Waals surface area contributed by atoms with Gasteiger partial charge in [0, 0.05) is 17.5 Å². The predicted octanol–water partition coefficient (Wildman–Crippen LogP) is 5.57. The number of benzene rings is 2. The highest BCUT2D eigenvalue weighted by atomic mass is 16.2. The topological polar surface area (TPSA) is 20.3 Å². The van der Waals surface area contributed by atoms with E-state index in [2.05, 4.69) is 32.0 Å². The molecule has 2 nitrogen and oxygen atoms in total. The number of rotatable bonds is 2. The molecule has 0 saturated heterocycles.